The number of piperidine rings is 1. The molecule has 2 aliphatic heterocycles. The number of imide groups is 1. The predicted molar refractivity (Wildman–Crippen MR) is 219 cm³/mol. The summed E-state index contributed by atoms with van der Waals surface area (Å²) in [4.78, 5) is 51.7. The molecule has 13 heteroatoms. The molecule has 6 aromatic rings. The lowest BCUT2D eigenvalue weighted by Gasteiger charge is -2.34. The van der Waals surface area contributed by atoms with Crippen LogP contribution in [0.4, 0.5) is 0 Å². The number of carbonyl (C=O) groups is 3. The molecule has 1 atom stereocenters. The van der Waals surface area contributed by atoms with Crippen molar-refractivity contribution in [2.24, 2.45) is 7.05 Å². The summed E-state index contributed by atoms with van der Waals surface area (Å²) in [7, 11) is 2.08. The Morgan fingerprint density at radius 2 is 1.66 bits per heavy atom. The fourth-order valence-corrected chi connectivity index (χ4v) is 7.80. The van der Waals surface area contributed by atoms with Gasteiger partial charge in [0.05, 0.1) is 18.3 Å². The van der Waals surface area contributed by atoms with E-state index in [4.69, 9.17) is 18.9 Å². The first kappa shape index (κ1) is 37.8. The molecule has 0 spiro atoms. The van der Waals surface area contributed by atoms with Crippen LogP contribution in [0.25, 0.3) is 32.9 Å². The second-order valence-electron chi connectivity index (χ2n) is 15.6. The maximum atomic E-state index is 13.0. The highest BCUT2D eigenvalue weighted by Gasteiger charge is 2.39. The molecule has 1 saturated carbocycles. The number of nitrogens with zero attached hydrogens (tertiary/aromatic N) is 5. The van der Waals surface area contributed by atoms with Gasteiger partial charge in [-0.2, -0.15) is 0 Å². The van der Waals surface area contributed by atoms with Crippen molar-refractivity contribution in [3.8, 4) is 40.3 Å². The van der Waals surface area contributed by atoms with Gasteiger partial charge < -0.3 is 28.4 Å². The normalized spacial score (nSPS) is 18.9. The monoisotopic (exact) mass is 790 g/mol. The zero-order chi connectivity index (χ0) is 40.7. The van der Waals surface area contributed by atoms with Crippen molar-refractivity contribution in [3.63, 3.8) is 0 Å². The van der Waals surface area contributed by atoms with Crippen LogP contribution in [0.1, 0.15) is 61.1 Å². The van der Waals surface area contributed by atoms with E-state index in [-0.39, 0.29) is 50.2 Å². The summed E-state index contributed by atoms with van der Waals surface area (Å²) in [5, 5.41) is 4.65. The molecule has 4 aromatic heterocycles. The molecule has 2 aromatic carbocycles. The number of hydrogen-bond donors (Lipinski definition) is 1. The van der Waals surface area contributed by atoms with Crippen molar-refractivity contribution < 1.29 is 33.3 Å². The quantitative estimate of drug-likeness (QED) is 0.0920. The van der Waals surface area contributed by atoms with Crippen molar-refractivity contribution in [1.82, 2.24) is 29.7 Å². The van der Waals surface area contributed by atoms with Crippen LogP contribution in [-0.4, -0.2) is 79.2 Å². The van der Waals surface area contributed by atoms with E-state index in [0.29, 0.717) is 35.1 Å². The van der Waals surface area contributed by atoms with Gasteiger partial charge in [-0.1, -0.05) is 18.1 Å². The van der Waals surface area contributed by atoms with Crippen molar-refractivity contribution in [2.45, 2.75) is 69.9 Å². The van der Waals surface area contributed by atoms with Crippen LogP contribution < -0.4 is 19.5 Å². The SMILES string of the molecule is Cn1c2ccncc2c2ccc(-c3ccc(OC4CC(Oc5ccc(C#CC(C)(C)OCCOc6ccc7c(c6)CN(C6CCC(=O)NC6=O)C7=O)nc5)C4)nc3)cc21. The second-order valence-corrected chi connectivity index (χ2v) is 15.6. The largest absolute Gasteiger partial charge is 0.491 e. The van der Waals surface area contributed by atoms with E-state index < -0.39 is 17.6 Å². The molecule has 0 radical (unpaired) electrons. The molecule has 298 valence electrons. The Kier molecular flexibility index (Phi) is 9.94. The minimum absolute atomic E-state index is 0.0294. The summed E-state index contributed by atoms with van der Waals surface area (Å²) in [6, 6.07) is 20.8. The van der Waals surface area contributed by atoms with Crippen LogP contribution in [0.2, 0.25) is 0 Å². The number of benzene rings is 2. The Balaban J connectivity index is 0.702. The third-order valence-electron chi connectivity index (χ3n) is 11.1. The Labute approximate surface area is 340 Å². The lowest BCUT2D eigenvalue weighted by Crippen LogP contribution is -2.52. The van der Waals surface area contributed by atoms with Crippen LogP contribution in [0.5, 0.6) is 17.4 Å². The van der Waals surface area contributed by atoms with Crippen molar-refractivity contribution in [1.29, 1.82) is 0 Å². The van der Waals surface area contributed by atoms with Gasteiger partial charge in [-0.3, -0.25) is 24.7 Å². The molecule has 0 bridgehead atoms. The molecule has 1 saturated heterocycles. The molecule has 13 nitrogen and oxygen atoms in total. The third-order valence-corrected chi connectivity index (χ3v) is 11.1. The minimum Gasteiger partial charge on any atom is -0.491 e. The zero-order valence-corrected chi connectivity index (χ0v) is 32.9. The fourth-order valence-electron chi connectivity index (χ4n) is 7.80. The Morgan fingerprint density at radius 3 is 2.46 bits per heavy atom. The van der Waals surface area contributed by atoms with E-state index in [1.54, 1.807) is 18.3 Å². The molecule has 3 amide bonds. The number of rotatable bonds is 11. The molecular formula is C46H42N6O7. The molecule has 1 aliphatic carbocycles. The summed E-state index contributed by atoms with van der Waals surface area (Å²) in [5.41, 5.74) is 5.58. The van der Waals surface area contributed by atoms with Gasteiger partial charge in [-0.05, 0) is 85.8 Å². The number of pyridine rings is 3. The van der Waals surface area contributed by atoms with E-state index in [2.05, 4.69) is 61.9 Å². The van der Waals surface area contributed by atoms with Gasteiger partial charge in [0.2, 0.25) is 17.7 Å². The predicted octanol–water partition coefficient (Wildman–Crippen LogP) is 6.16. The van der Waals surface area contributed by atoms with E-state index in [0.717, 1.165) is 46.0 Å². The highest BCUT2D eigenvalue weighted by Crippen LogP contribution is 2.34. The first-order valence-electron chi connectivity index (χ1n) is 19.7. The fraction of sp³-hybridized carbons (Fsp3) is 0.304. The summed E-state index contributed by atoms with van der Waals surface area (Å²) >= 11 is 0. The van der Waals surface area contributed by atoms with E-state index >= 15 is 0 Å². The second kappa shape index (κ2) is 15.5. The summed E-state index contributed by atoms with van der Waals surface area (Å²) in [6.07, 6.45) is 9.37. The smallest absolute Gasteiger partial charge is 0.255 e. The number of nitrogens with one attached hydrogen (secondary N) is 1. The van der Waals surface area contributed by atoms with Gasteiger partial charge in [0.15, 0.2) is 0 Å². The third kappa shape index (κ3) is 7.91. The molecule has 3 aliphatic rings. The maximum Gasteiger partial charge on any atom is 0.255 e. The van der Waals surface area contributed by atoms with Gasteiger partial charge in [-0.25, -0.2) is 9.97 Å². The maximum absolute atomic E-state index is 13.0. The van der Waals surface area contributed by atoms with Gasteiger partial charge in [0.25, 0.3) is 5.91 Å². The summed E-state index contributed by atoms with van der Waals surface area (Å²) < 4.78 is 26.4. The Bertz CT molecular complexity index is 2660. The lowest BCUT2D eigenvalue weighted by atomic mass is 9.92. The molecule has 6 heterocycles. The average Bonchev–Trinajstić information content (AvgIpc) is 3.70. The lowest BCUT2D eigenvalue weighted by molar-refractivity contribution is -0.136. The number of hydrogen-bond acceptors (Lipinski definition) is 10. The van der Waals surface area contributed by atoms with Crippen LogP contribution in [0.3, 0.4) is 0 Å². The number of amides is 3. The summed E-state index contributed by atoms with van der Waals surface area (Å²) in [6.45, 7) is 4.61. The number of aryl methyl sites for hydroxylation is 1. The zero-order valence-electron chi connectivity index (χ0n) is 32.9. The number of ether oxygens (including phenoxy) is 4. The van der Waals surface area contributed by atoms with Crippen LogP contribution in [0.15, 0.2) is 91.5 Å². The molecular weight excluding hydrogens is 749 g/mol. The van der Waals surface area contributed by atoms with E-state index in [9.17, 15) is 14.4 Å². The van der Waals surface area contributed by atoms with Gasteiger partial charge in [0.1, 0.15) is 47.7 Å². The van der Waals surface area contributed by atoms with E-state index in [1.807, 2.05) is 68.8 Å². The van der Waals surface area contributed by atoms with Gasteiger partial charge in [0, 0.05) is 84.9 Å². The molecule has 1 unspecified atom stereocenters. The minimum atomic E-state index is -0.757. The summed E-state index contributed by atoms with van der Waals surface area (Å²) in [5.74, 6) is 7.13. The average molecular weight is 791 g/mol. The molecule has 1 N–H and O–H groups in total. The van der Waals surface area contributed by atoms with Gasteiger partial charge >= 0.3 is 0 Å². The Hall–Kier alpha value is -6.78. The van der Waals surface area contributed by atoms with Crippen LogP contribution in [-0.2, 0) is 27.9 Å². The number of aromatic nitrogens is 4. The Morgan fingerprint density at radius 1 is 0.831 bits per heavy atom. The van der Waals surface area contributed by atoms with Crippen molar-refractivity contribution in [2.75, 3.05) is 13.2 Å². The topological polar surface area (TPSA) is 147 Å². The first-order valence-corrected chi connectivity index (χ1v) is 19.7. The van der Waals surface area contributed by atoms with Crippen molar-refractivity contribution in [3.05, 3.63) is 108 Å². The van der Waals surface area contributed by atoms with Crippen LogP contribution in [0, 0.1) is 11.8 Å². The first-order chi connectivity index (χ1) is 28.6. The molecule has 9 rings (SSSR count). The highest BCUT2D eigenvalue weighted by atomic mass is 16.5. The molecule has 59 heavy (non-hydrogen) atoms. The van der Waals surface area contributed by atoms with Crippen LogP contribution >= 0.6 is 0 Å². The van der Waals surface area contributed by atoms with Gasteiger partial charge in [-0.15, -0.1) is 0 Å². The number of fused-ring (bicyclic) bond motifs is 4. The van der Waals surface area contributed by atoms with E-state index in [1.165, 1.54) is 10.3 Å². The molecule has 2 fully saturated rings. The highest BCUT2D eigenvalue weighted by molar-refractivity contribution is 6.08. The standard InChI is InChI=1S/C46H42N6O7/c1-46(2,57-19-18-56-32-8-10-36-30(20-32)27-52(45(36)55)40-11-12-42(53)50-44(40)54)16-14-31-6-7-33(25-48-31)58-34-22-35(23-34)59-43-13-5-29(24-49-43)28-4-9-37-38-26-47-17-15-39(38)51(3)41(37)21-28/h4-10,13,15,17,20-21,24-26,34-35,40H,11-12,18-19,22-23,27H2,1-3H3,(H,50,53,54). The number of carbonyl (C=O) groups excluding carboxylic acids is 3. The van der Waals surface area contributed by atoms with Crippen molar-refractivity contribution >= 4 is 39.5 Å².